The Bertz CT molecular complexity index is 1160. The van der Waals surface area contributed by atoms with Crippen LogP contribution in [0.3, 0.4) is 0 Å². The number of rotatable bonds is 5. The summed E-state index contributed by atoms with van der Waals surface area (Å²) in [5.74, 6) is -0.208. The minimum Gasteiger partial charge on any atom is -0.331 e. The molecule has 2 N–H and O–H groups in total. The third-order valence-corrected chi connectivity index (χ3v) is 5.11. The Labute approximate surface area is 174 Å². The average molecular weight is 396 g/mol. The second-order valence-electron chi connectivity index (χ2n) is 6.51. The Balaban J connectivity index is 1.52. The van der Waals surface area contributed by atoms with E-state index in [1.165, 1.54) is 11.3 Å². The first-order valence-electron chi connectivity index (χ1n) is 8.99. The number of pyridine rings is 1. The van der Waals surface area contributed by atoms with E-state index in [9.17, 15) is 4.79 Å². The third-order valence-electron chi connectivity index (χ3n) is 4.35. The lowest BCUT2D eigenvalue weighted by Crippen LogP contribution is -2.15. The summed E-state index contributed by atoms with van der Waals surface area (Å²) in [6.07, 6.45) is 3.53. The molecule has 4 aromatic rings. The second kappa shape index (κ2) is 8.28. The van der Waals surface area contributed by atoms with Crippen LogP contribution in [0.1, 0.15) is 15.9 Å². The molecule has 0 bridgehead atoms. The van der Waals surface area contributed by atoms with Gasteiger partial charge in [-0.25, -0.2) is 4.98 Å². The molecule has 0 atom stereocenters. The van der Waals surface area contributed by atoms with Gasteiger partial charge in [0.05, 0.1) is 5.69 Å². The molecule has 2 aromatic heterocycles. The molecule has 0 aliphatic heterocycles. The quantitative estimate of drug-likeness (QED) is 0.494. The zero-order chi connectivity index (χ0) is 20.2. The number of carbonyl (C=O) groups excluding carboxylic acids is 1. The van der Waals surface area contributed by atoms with Crippen LogP contribution >= 0.6 is 11.3 Å². The summed E-state index contributed by atoms with van der Waals surface area (Å²) >= 11 is 1.51. The number of aryl methyl sites for hydroxylation is 1. The number of nitrogens with zero attached hydrogens (tertiary/aromatic N) is 2. The van der Waals surface area contributed by atoms with Crippen molar-refractivity contribution in [3.8, 4) is 11.3 Å². The molecule has 0 saturated carbocycles. The maximum absolute atomic E-state index is 12.5. The van der Waals surface area contributed by atoms with Gasteiger partial charge >= 0.3 is 0 Å². The first-order valence-corrected chi connectivity index (χ1v) is 9.87. The average Bonchev–Trinajstić information content (AvgIpc) is 3.20. The Morgan fingerprint density at radius 3 is 2.79 bits per heavy atom. The molecule has 0 fully saturated rings. The number of benzene rings is 2. The van der Waals surface area contributed by atoms with E-state index in [0.29, 0.717) is 16.7 Å². The van der Waals surface area contributed by atoms with Gasteiger partial charge in [0.15, 0.2) is 5.13 Å². The summed E-state index contributed by atoms with van der Waals surface area (Å²) in [7, 11) is 5.76. The van der Waals surface area contributed by atoms with Crippen molar-refractivity contribution in [2.75, 3.05) is 10.6 Å². The third kappa shape index (κ3) is 4.52. The zero-order valence-electron chi connectivity index (χ0n) is 15.7. The Morgan fingerprint density at radius 2 is 2.00 bits per heavy atom. The van der Waals surface area contributed by atoms with Crippen molar-refractivity contribution >= 4 is 47.1 Å². The number of carbonyl (C=O) groups is 1. The minimum absolute atomic E-state index is 0.208. The highest BCUT2D eigenvalue weighted by Gasteiger charge is 2.10. The summed E-state index contributed by atoms with van der Waals surface area (Å²) in [5.41, 5.74) is 5.52. The van der Waals surface area contributed by atoms with Crippen molar-refractivity contribution in [1.29, 1.82) is 0 Å². The Kier molecular flexibility index (Phi) is 5.40. The lowest BCUT2D eigenvalue weighted by Gasteiger charge is -2.11. The van der Waals surface area contributed by atoms with Crippen LogP contribution in [0.15, 0.2) is 72.4 Å². The highest BCUT2D eigenvalue weighted by molar-refractivity contribution is 7.14. The van der Waals surface area contributed by atoms with Gasteiger partial charge in [0.1, 0.15) is 7.85 Å². The van der Waals surface area contributed by atoms with Crippen molar-refractivity contribution < 1.29 is 4.79 Å². The predicted octanol–water partition coefficient (Wildman–Crippen LogP) is 4.30. The van der Waals surface area contributed by atoms with Crippen LogP contribution < -0.4 is 16.1 Å². The molecular weight excluding hydrogens is 379 g/mol. The fourth-order valence-electron chi connectivity index (χ4n) is 2.81. The van der Waals surface area contributed by atoms with Crippen LogP contribution in [0.4, 0.5) is 16.5 Å². The van der Waals surface area contributed by atoms with E-state index >= 15 is 0 Å². The van der Waals surface area contributed by atoms with E-state index in [1.54, 1.807) is 36.7 Å². The van der Waals surface area contributed by atoms with Gasteiger partial charge in [-0.15, -0.1) is 11.3 Å². The number of aromatic nitrogens is 2. The summed E-state index contributed by atoms with van der Waals surface area (Å²) in [6.45, 7) is 2.00. The standard InChI is InChI=1S/C22H17BN4OS/c1-14-7-8-18(25-21(28)15-4-2-6-17(23)10-15)11-19(14)26-22-27-20(13-29-22)16-5-3-9-24-12-16/h2-13H,1H3,(H,25,28)(H,26,27). The summed E-state index contributed by atoms with van der Waals surface area (Å²) < 4.78 is 0. The molecule has 0 unspecified atom stereocenters. The molecule has 0 spiro atoms. The normalized spacial score (nSPS) is 10.5. The SMILES string of the molecule is [B]c1cccc(C(=O)Nc2ccc(C)c(Nc3nc(-c4cccnc4)cs3)c2)c1. The topological polar surface area (TPSA) is 66.9 Å². The molecule has 140 valence electrons. The van der Waals surface area contributed by atoms with Crippen molar-refractivity contribution in [2.24, 2.45) is 0 Å². The molecule has 4 rings (SSSR count). The van der Waals surface area contributed by atoms with Crippen LogP contribution in [0.25, 0.3) is 11.3 Å². The first-order chi connectivity index (χ1) is 14.1. The maximum atomic E-state index is 12.5. The number of nitrogens with one attached hydrogen (secondary N) is 2. The molecule has 0 aliphatic rings. The van der Waals surface area contributed by atoms with Gasteiger partial charge in [-0.3, -0.25) is 9.78 Å². The van der Waals surface area contributed by atoms with E-state index in [2.05, 4.69) is 20.6 Å². The van der Waals surface area contributed by atoms with Gasteiger partial charge in [0.25, 0.3) is 5.91 Å². The van der Waals surface area contributed by atoms with Gasteiger partial charge in [-0.2, -0.15) is 0 Å². The van der Waals surface area contributed by atoms with Gasteiger partial charge < -0.3 is 10.6 Å². The van der Waals surface area contributed by atoms with Crippen LogP contribution in [0, 0.1) is 6.92 Å². The van der Waals surface area contributed by atoms with Crippen molar-refractivity contribution in [3.63, 3.8) is 0 Å². The monoisotopic (exact) mass is 396 g/mol. The predicted molar refractivity (Wildman–Crippen MR) is 120 cm³/mol. The van der Waals surface area contributed by atoms with Crippen LogP contribution in [0.2, 0.25) is 0 Å². The van der Waals surface area contributed by atoms with Crippen LogP contribution in [-0.2, 0) is 0 Å². The van der Waals surface area contributed by atoms with Crippen molar-refractivity contribution in [3.05, 3.63) is 83.5 Å². The molecule has 29 heavy (non-hydrogen) atoms. The Hall–Kier alpha value is -3.45. The van der Waals surface area contributed by atoms with E-state index < -0.39 is 0 Å². The molecule has 0 saturated heterocycles. The number of anilines is 3. The Morgan fingerprint density at radius 1 is 1.10 bits per heavy atom. The fraction of sp³-hybridized carbons (Fsp3) is 0.0455. The van der Waals surface area contributed by atoms with Gasteiger partial charge in [-0.1, -0.05) is 29.7 Å². The van der Waals surface area contributed by atoms with Crippen molar-refractivity contribution in [1.82, 2.24) is 9.97 Å². The van der Waals surface area contributed by atoms with Gasteiger partial charge in [-0.05, 0) is 42.8 Å². The lowest BCUT2D eigenvalue weighted by atomic mass is 9.94. The molecular formula is C22H17BN4OS. The minimum atomic E-state index is -0.208. The summed E-state index contributed by atoms with van der Waals surface area (Å²) in [6, 6.07) is 16.5. The maximum Gasteiger partial charge on any atom is 0.255 e. The smallest absolute Gasteiger partial charge is 0.255 e. The molecule has 2 aromatic carbocycles. The molecule has 2 heterocycles. The number of hydrogen-bond acceptors (Lipinski definition) is 5. The van der Waals surface area contributed by atoms with Crippen LogP contribution in [0.5, 0.6) is 0 Å². The number of hydrogen-bond donors (Lipinski definition) is 2. The molecule has 2 radical (unpaired) electrons. The zero-order valence-corrected chi connectivity index (χ0v) is 16.5. The van der Waals surface area contributed by atoms with E-state index in [4.69, 9.17) is 7.85 Å². The largest absolute Gasteiger partial charge is 0.331 e. The fourth-order valence-corrected chi connectivity index (χ4v) is 3.54. The molecule has 1 amide bonds. The molecule has 5 nitrogen and oxygen atoms in total. The van der Waals surface area contributed by atoms with Crippen molar-refractivity contribution in [2.45, 2.75) is 6.92 Å². The molecule has 7 heteroatoms. The van der Waals surface area contributed by atoms with E-state index in [0.717, 1.165) is 27.6 Å². The first kappa shape index (κ1) is 18.9. The lowest BCUT2D eigenvalue weighted by molar-refractivity contribution is 0.102. The second-order valence-corrected chi connectivity index (χ2v) is 7.37. The van der Waals surface area contributed by atoms with Crippen LogP contribution in [-0.4, -0.2) is 23.7 Å². The van der Waals surface area contributed by atoms with Gasteiger partial charge in [0.2, 0.25) is 0 Å². The van der Waals surface area contributed by atoms with E-state index in [1.807, 2.05) is 42.6 Å². The highest BCUT2D eigenvalue weighted by Crippen LogP contribution is 2.29. The van der Waals surface area contributed by atoms with Gasteiger partial charge in [0, 0.05) is 40.3 Å². The number of amides is 1. The van der Waals surface area contributed by atoms with E-state index in [-0.39, 0.29) is 5.91 Å². The summed E-state index contributed by atoms with van der Waals surface area (Å²) in [4.78, 5) is 21.2. The molecule has 0 aliphatic carbocycles. The highest BCUT2D eigenvalue weighted by atomic mass is 32.1. The number of thiazole rings is 1. The summed E-state index contributed by atoms with van der Waals surface area (Å²) in [5, 5.41) is 9.01.